The first-order valence-electron chi connectivity index (χ1n) is 4.49. The Labute approximate surface area is 85.1 Å². The van der Waals surface area contributed by atoms with E-state index in [9.17, 15) is 4.79 Å². The predicted octanol–water partition coefficient (Wildman–Crippen LogP) is 1.84. The third-order valence-electron chi connectivity index (χ3n) is 1.38. The lowest BCUT2D eigenvalue weighted by Crippen LogP contribution is -2.19. The fraction of sp³-hybridized carbons (Fsp3) is 0.364. The zero-order valence-corrected chi connectivity index (χ0v) is 8.86. The molecule has 14 heavy (non-hydrogen) atoms. The summed E-state index contributed by atoms with van der Waals surface area (Å²) in [5, 5.41) is 2.53. The maximum absolute atomic E-state index is 9.50. The van der Waals surface area contributed by atoms with Crippen molar-refractivity contribution in [2.75, 3.05) is 7.11 Å². The summed E-state index contributed by atoms with van der Waals surface area (Å²) in [6, 6.07) is 9.96. The van der Waals surface area contributed by atoms with Crippen molar-refractivity contribution in [2.45, 2.75) is 19.9 Å². The number of para-hydroxylation sites is 1. The highest BCUT2D eigenvalue weighted by atomic mass is 16.5. The third kappa shape index (κ3) is 7.16. The van der Waals surface area contributed by atoms with Gasteiger partial charge in [-0.2, -0.15) is 0 Å². The number of benzene rings is 1. The summed E-state index contributed by atoms with van der Waals surface area (Å²) in [6.45, 7) is 3.82. The van der Waals surface area contributed by atoms with Crippen LogP contribution in [0.4, 0.5) is 0 Å². The van der Waals surface area contributed by atoms with Crippen LogP contribution >= 0.6 is 0 Å². The molecular weight excluding hydrogens is 178 g/mol. The van der Waals surface area contributed by atoms with Gasteiger partial charge in [0.25, 0.3) is 0 Å². The van der Waals surface area contributed by atoms with Crippen molar-refractivity contribution < 1.29 is 9.53 Å². The molecule has 78 valence electrons. The molecule has 0 unspecified atom stereocenters. The van der Waals surface area contributed by atoms with Gasteiger partial charge >= 0.3 is 0 Å². The Morgan fingerprint density at radius 2 is 1.86 bits per heavy atom. The number of hydrogen-bond donors (Lipinski definition) is 1. The van der Waals surface area contributed by atoms with Gasteiger partial charge in [0.2, 0.25) is 6.41 Å². The summed E-state index contributed by atoms with van der Waals surface area (Å²) in [5.41, 5.74) is 0. The monoisotopic (exact) mass is 195 g/mol. The molecule has 0 saturated carbocycles. The molecule has 0 heterocycles. The Hall–Kier alpha value is -1.51. The number of amides is 1. The summed E-state index contributed by atoms with van der Waals surface area (Å²) in [6.07, 6.45) is 0.699. The molecule has 0 fully saturated rings. The molecule has 3 nitrogen and oxygen atoms in total. The van der Waals surface area contributed by atoms with Gasteiger partial charge in [-0.05, 0) is 26.0 Å². The quantitative estimate of drug-likeness (QED) is 0.747. The maximum Gasteiger partial charge on any atom is 0.207 e. The maximum atomic E-state index is 9.50. The summed E-state index contributed by atoms with van der Waals surface area (Å²) in [4.78, 5) is 9.50. The lowest BCUT2D eigenvalue weighted by molar-refractivity contribution is -0.109. The number of carbonyl (C=O) groups is 1. The molecule has 1 aromatic rings. The van der Waals surface area contributed by atoms with Crippen LogP contribution in [0.5, 0.6) is 5.75 Å². The fourth-order valence-corrected chi connectivity index (χ4v) is 0.693. The number of ether oxygens (including phenoxy) is 1. The van der Waals surface area contributed by atoms with E-state index < -0.39 is 0 Å². The molecule has 1 rings (SSSR count). The molecule has 0 aliphatic carbocycles. The molecule has 1 N–H and O–H groups in total. The van der Waals surface area contributed by atoms with Crippen LogP contribution in [-0.2, 0) is 4.79 Å². The Balaban J connectivity index is 0.000000255. The molecule has 0 spiro atoms. The summed E-state index contributed by atoms with van der Waals surface area (Å²) >= 11 is 0. The van der Waals surface area contributed by atoms with E-state index in [0.29, 0.717) is 6.41 Å². The van der Waals surface area contributed by atoms with Crippen molar-refractivity contribution in [3.63, 3.8) is 0 Å². The van der Waals surface area contributed by atoms with Crippen LogP contribution < -0.4 is 10.1 Å². The van der Waals surface area contributed by atoms with E-state index in [0.717, 1.165) is 5.75 Å². The molecule has 0 atom stereocenters. The van der Waals surface area contributed by atoms with Gasteiger partial charge in [-0.15, -0.1) is 0 Å². The first kappa shape index (κ1) is 12.5. The lowest BCUT2D eigenvalue weighted by atomic mass is 10.3. The highest BCUT2D eigenvalue weighted by Gasteiger charge is 1.81. The van der Waals surface area contributed by atoms with Gasteiger partial charge in [0.05, 0.1) is 7.11 Å². The van der Waals surface area contributed by atoms with Crippen molar-refractivity contribution in [3.05, 3.63) is 30.3 Å². The van der Waals surface area contributed by atoms with Crippen molar-refractivity contribution in [2.24, 2.45) is 0 Å². The van der Waals surface area contributed by atoms with Crippen LogP contribution in [0.3, 0.4) is 0 Å². The molecule has 0 bridgehead atoms. The topological polar surface area (TPSA) is 38.3 Å². The number of rotatable bonds is 3. The van der Waals surface area contributed by atoms with Gasteiger partial charge in [0.15, 0.2) is 0 Å². The average molecular weight is 195 g/mol. The van der Waals surface area contributed by atoms with Gasteiger partial charge in [0, 0.05) is 6.04 Å². The summed E-state index contributed by atoms with van der Waals surface area (Å²) in [5.74, 6) is 0.910. The summed E-state index contributed by atoms with van der Waals surface area (Å²) in [7, 11) is 1.66. The van der Waals surface area contributed by atoms with Gasteiger partial charge in [-0.1, -0.05) is 18.2 Å². The Morgan fingerprint density at radius 3 is 2.07 bits per heavy atom. The van der Waals surface area contributed by atoms with Crippen LogP contribution in [0.1, 0.15) is 13.8 Å². The van der Waals surface area contributed by atoms with Crippen LogP contribution in [0.25, 0.3) is 0 Å². The Kier molecular flexibility index (Phi) is 7.23. The van der Waals surface area contributed by atoms with Crippen molar-refractivity contribution in [3.8, 4) is 5.75 Å². The second-order valence-corrected chi connectivity index (χ2v) is 2.96. The minimum absolute atomic E-state index is 0.280. The van der Waals surface area contributed by atoms with Crippen LogP contribution in [0.15, 0.2) is 30.3 Å². The molecule has 0 aliphatic heterocycles. The highest BCUT2D eigenvalue weighted by molar-refractivity contribution is 5.46. The van der Waals surface area contributed by atoms with Gasteiger partial charge in [0.1, 0.15) is 5.75 Å². The zero-order valence-electron chi connectivity index (χ0n) is 8.86. The number of methoxy groups -OCH3 is 1. The Bertz CT molecular complexity index is 234. The second-order valence-electron chi connectivity index (χ2n) is 2.96. The lowest BCUT2D eigenvalue weighted by Gasteiger charge is -1.96. The van der Waals surface area contributed by atoms with Crippen molar-refractivity contribution in [1.82, 2.24) is 5.32 Å². The number of hydrogen-bond acceptors (Lipinski definition) is 2. The normalized spacial score (nSPS) is 8.57. The highest BCUT2D eigenvalue weighted by Crippen LogP contribution is 2.05. The summed E-state index contributed by atoms with van der Waals surface area (Å²) < 4.78 is 4.91. The zero-order chi connectivity index (χ0) is 10.8. The molecule has 0 radical (unpaired) electrons. The third-order valence-corrected chi connectivity index (χ3v) is 1.38. The minimum Gasteiger partial charge on any atom is -0.497 e. The van der Waals surface area contributed by atoms with Crippen LogP contribution in [-0.4, -0.2) is 19.6 Å². The van der Waals surface area contributed by atoms with E-state index in [4.69, 9.17) is 4.74 Å². The predicted molar refractivity (Wildman–Crippen MR) is 57.3 cm³/mol. The van der Waals surface area contributed by atoms with E-state index in [-0.39, 0.29) is 6.04 Å². The fourth-order valence-electron chi connectivity index (χ4n) is 0.693. The Morgan fingerprint density at radius 1 is 1.29 bits per heavy atom. The molecule has 0 aliphatic rings. The second kappa shape index (κ2) is 8.10. The first-order valence-corrected chi connectivity index (χ1v) is 4.49. The van der Waals surface area contributed by atoms with Crippen LogP contribution in [0, 0.1) is 0 Å². The average Bonchev–Trinajstić information content (AvgIpc) is 2.20. The SMILES string of the molecule is CC(C)NC=O.COc1ccccc1. The van der Waals surface area contributed by atoms with E-state index in [1.807, 2.05) is 44.2 Å². The van der Waals surface area contributed by atoms with Crippen molar-refractivity contribution in [1.29, 1.82) is 0 Å². The standard InChI is InChI=1S/C7H8O.C4H9NO/c1-8-7-5-3-2-4-6-7;1-4(2)5-3-6/h2-6H,1H3;3-4H,1-2H3,(H,5,6). The van der Waals surface area contributed by atoms with Gasteiger partial charge < -0.3 is 10.1 Å². The molecular formula is C11H17NO2. The molecule has 1 aromatic carbocycles. The molecule has 0 saturated heterocycles. The van der Waals surface area contributed by atoms with E-state index >= 15 is 0 Å². The molecule has 1 amide bonds. The van der Waals surface area contributed by atoms with Crippen LogP contribution in [0.2, 0.25) is 0 Å². The molecule has 0 aromatic heterocycles. The minimum atomic E-state index is 0.280. The van der Waals surface area contributed by atoms with Crippen molar-refractivity contribution >= 4 is 6.41 Å². The number of carbonyl (C=O) groups excluding carboxylic acids is 1. The largest absolute Gasteiger partial charge is 0.497 e. The first-order chi connectivity index (χ1) is 6.70. The van der Waals surface area contributed by atoms with E-state index in [2.05, 4.69) is 5.32 Å². The smallest absolute Gasteiger partial charge is 0.207 e. The molecule has 3 heteroatoms. The van der Waals surface area contributed by atoms with Gasteiger partial charge in [-0.3, -0.25) is 4.79 Å². The van der Waals surface area contributed by atoms with E-state index in [1.54, 1.807) is 7.11 Å². The number of nitrogens with one attached hydrogen (secondary N) is 1. The van der Waals surface area contributed by atoms with Gasteiger partial charge in [-0.25, -0.2) is 0 Å². The van der Waals surface area contributed by atoms with E-state index in [1.165, 1.54) is 0 Å².